The lowest BCUT2D eigenvalue weighted by Crippen LogP contribution is -2.02. The highest BCUT2D eigenvalue weighted by Crippen LogP contribution is 2.19. The van der Waals surface area contributed by atoms with E-state index in [0.717, 1.165) is 0 Å². The number of carbonyl (C=O) groups excluding carboxylic acids is 1. The summed E-state index contributed by atoms with van der Waals surface area (Å²) in [5.74, 6) is -0.964. The molecule has 0 fully saturated rings. The van der Waals surface area contributed by atoms with E-state index >= 15 is 0 Å². The van der Waals surface area contributed by atoms with Crippen LogP contribution in [-0.4, -0.2) is 27.1 Å². The highest BCUT2D eigenvalue weighted by atomic mass is 79.9. The van der Waals surface area contributed by atoms with Crippen LogP contribution in [0.4, 0.5) is 0 Å². The molecule has 1 aromatic carbocycles. The summed E-state index contributed by atoms with van der Waals surface area (Å²) in [6.07, 6.45) is 2.30. The molecule has 0 spiro atoms. The molecule has 0 bridgehead atoms. The van der Waals surface area contributed by atoms with Gasteiger partial charge in [-0.3, -0.25) is 4.79 Å². The van der Waals surface area contributed by atoms with Crippen LogP contribution in [0.1, 0.15) is 26.4 Å². The maximum absolute atomic E-state index is 10.9. The Bertz CT molecular complexity index is 634. The number of aromatic nitrogens is 2. The molecule has 5 nitrogen and oxygen atoms in total. The van der Waals surface area contributed by atoms with Gasteiger partial charge < -0.3 is 5.11 Å². The topological polar surface area (TPSA) is 72.2 Å². The third kappa shape index (κ3) is 2.19. The second kappa shape index (κ2) is 4.73. The van der Waals surface area contributed by atoms with E-state index in [1.165, 1.54) is 10.7 Å². The zero-order valence-corrected chi connectivity index (χ0v) is 11.0. The predicted octanol–water partition coefficient (Wildman–Crippen LogP) is 2.45. The summed E-state index contributed by atoms with van der Waals surface area (Å²) in [6.45, 7) is 1.71. The Hall–Kier alpha value is -1.95. The smallest absolute Gasteiger partial charge is 0.335 e. The first kappa shape index (κ1) is 12.5. The normalized spacial score (nSPS) is 10.3. The van der Waals surface area contributed by atoms with Crippen LogP contribution >= 0.6 is 15.9 Å². The molecule has 18 heavy (non-hydrogen) atoms. The second-order valence-corrected chi connectivity index (χ2v) is 4.58. The van der Waals surface area contributed by atoms with Gasteiger partial charge in [-0.1, -0.05) is 0 Å². The van der Waals surface area contributed by atoms with Crippen LogP contribution in [0.3, 0.4) is 0 Å². The van der Waals surface area contributed by atoms with E-state index in [1.54, 1.807) is 25.3 Å². The summed E-state index contributed by atoms with van der Waals surface area (Å²) in [4.78, 5) is 21.6. The Labute approximate surface area is 111 Å². The van der Waals surface area contributed by atoms with Crippen LogP contribution < -0.4 is 0 Å². The lowest BCUT2D eigenvalue weighted by atomic mass is 10.1. The molecule has 0 aliphatic heterocycles. The van der Waals surface area contributed by atoms with Crippen molar-refractivity contribution in [2.45, 2.75) is 6.92 Å². The van der Waals surface area contributed by atoms with Gasteiger partial charge in [0, 0.05) is 6.20 Å². The quantitative estimate of drug-likeness (QED) is 0.884. The summed E-state index contributed by atoms with van der Waals surface area (Å²) in [5, 5.41) is 13.0. The highest BCUT2D eigenvalue weighted by molar-refractivity contribution is 9.10. The fourth-order valence-corrected chi connectivity index (χ4v) is 1.98. The summed E-state index contributed by atoms with van der Waals surface area (Å²) >= 11 is 3.22. The number of aldehydes is 1. The molecular formula is C12H9BrN2O3. The van der Waals surface area contributed by atoms with Crippen molar-refractivity contribution < 1.29 is 14.7 Å². The minimum Gasteiger partial charge on any atom is -0.478 e. The minimum atomic E-state index is -0.964. The molecule has 0 atom stereocenters. The van der Waals surface area contributed by atoms with Gasteiger partial charge in [0.05, 0.1) is 15.7 Å². The monoisotopic (exact) mass is 308 g/mol. The van der Waals surface area contributed by atoms with Crippen LogP contribution in [0.15, 0.2) is 28.9 Å². The van der Waals surface area contributed by atoms with E-state index in [1.807, 2.05) is 0 Å². The third-order valence-electron chi connectivity index (χ3n) is 2.51. The Morgan fingerprint density at radius 1 is 1.50 bits per heavy atom. The van der Waals surface area contributed by atoms with Crippen molar-refractivity contribution in [1.82, 2.24) is 9.78 Å². The van der Waals surface area contributed by atoms with Crippen molar-refractivity contribution in [3.8, 4) is 5.69 Å². The van der Waals surface area contributed by atoms with Crippen molar-refractivity contribution in [1.29, 1.82) is 0 Å². The molecule has 1 N–H and O–H groups in total. The van der Waals surface area contributed by atoms with E-state index in [4.69, 9.17) is 5.11 Å². The van der Waals surface area contributed by atoms with E-state index in [2.05, 4.69) is 21.0 Å². The van der Waals surface area contributed by atoms with Crippen LogP contribution in [-0.2, 0) is 0 Å². The molecule has 2 aromatic rings. The molecular weight excluding hydrogens is 300 g/mol. The maximum Gasteiger partial charge on any atom is 0.335 e. The highest BCUT2D eigenvalue weighted by Gasteiger charge is 2.10. The van der Waals surface area contributed by atoms with Gasteiger partial charge in [-0.2, -0.15) is 5.10 Å². The number of rotatable bonds is 3. The Balaban J connectivity index is 2.48. The zero-order chi connectivity index (χ0) is 13.3. The molecule has 0 aliphatic carbocycles. The van der Waals surface area contributed by atoms with Crippen molar-refractivity contribution >= 4 is 28.2 Å². The minimum absolute atomic E-state index is 0.251. The number of benzene rings is 1. The molecule has 0 saturated carbocycles. The van der Waals surface area contributed by atoms with E-state index in [-0.39, 0.29) is 5.56 Å². The molecule has 2 rings (SSSR count). The number of nitrogens with zero attached hydrogens (tertiary/aromatic N) is 2. The number of aromatic carboxylic acids is 1. The van der Waals surface area contributed by atoms with E-state index < -0.39 is 5.97 Å². The first-order chi connectivity index (χ1) is 8.52. The molecule has 1 heterocycles. The Kier molecular flexibility index (Phi) is 3.29. The van der Waals surface area contributed by atoms with Gasteiger partial charge in [-0.05, 0) is 46.6 Å². The van der Waals surface area contributed by atoms with Crippen molar-refractivity contribution in [3.63, 3.8) is 0 Å². The maximum atomic E-state index is 10.9. The molecule has 0 amide bonds. The van der Waals surface area contributed by atoms with Gasteiger partial charge >= 0.3 is 5.97 Å². The Morgan fingerprint density at radius 3 is 2.72 bits per heavy atom. The number of hydrogen-bond donors (Lipinski definition) is 1. The average Bonchev–Trinajstić information content (AvgIpc) is 2.70. The zero-order valence-electron chi connectivity index (χ0n) is 9.42. The lowest BCUT2D eigenvalue weighted by Gasteiger charge is -2.05. The summed E-state index contributed by atoms with van der Waals surface area (Å²) in [7, 11) is 0. The third-order valence-corrected chi connectivity index (χ3v) is 3.12. The SMILES string of the molecule is Cc1cc(-n2cc(Br)c(C=O)n2)ccc1C(=O)O. The average molecular weight is 309 g/mol. The van der Waals surface area contributed by atoms with Gasteiger partial charge in [0.1, 0.15) is 5.69 Å². The molecule has 6 heteroatoms. The lowest BCUT2D eigenvalue weighted by molar-refractivity contribution is 0.0696. The molecule has 1 aromatic heterocycles. The second-order valence-electron chi connectivity index (χ2n) is 3.73. The number of carboxylic acid groups (broad SMARTS) is 1. The van der Waals surface area contributed by atoms with Crippen LogP contribution in [0, 0.1) is 6.92 Å². The number of halogens is 1. The first-order valence-corrected chi connectivity index (χ1v) is 5.87. The largest absolute Gasteiger partial charge is 0.478 e. The van der Waals surface area contributed by atoms with Gasteiger partial charge in [-0.25, -0.2) is 9.48 Å². The number of aryl methyl sites for hydroxylation is 1. The number of carbonyl (C=O) groups is 2. The van der Waals surface area contributed by atoms with Gasteiger partial charge in [0.15, 0.2) is 6.29 Å². The fraction of sp³-hybridized carbons (Fsp3) is 0.0833. The number of carboxylic acids is 1. The Morgan fingerprint density at radius 2 is 2.22 bits per heavy atom. The molecule has 0 unspecified atom stereocenters. The van der Waals surface area contributed by atoms with Crippen molar-refractivity contribution in [2.75, 3.05) is 0 Å². The van der Waals surface area contributed by atoms with E-state index in [9.17, 15) is 9.59 Å². The van der Waals surface area contributed by atoms with Crippen LogP contribution in [0.25, 0.3) is 5.69 Å². The molecule has 0 aliphatic rings. The molecule has 0 saturated heterocycles. The summed E-state index contributed by atoms with van der Waals surface area (Å²) < 4.78 is 2.12. The van der Waals surface area contributed by atoms with Gasteiger partial charge in [0.25, 0.3) is 0 Å². The van der Waals surface area contributed by atoms with Gasteiger partial charge in [0.2, 0.25) is 0 Å². The summed E-state index contributed by atoms with van der Waals surface area (Å²) in [5.41, 5.74) is 1.89. The summed E-state index contributed by atoms with van der Waals surface area (Å²) in [6, 6.07) is 4.87. The van der Waals surface area contributed by atoms with Crippen molar-refractivity contribution in [3.05, 3.63) is 45.7 Å². The van der Waals surface area contributed by atoms with Crippen LogP contribution in [0.2, 0.25) is 0 Å². The van der Waals surface area contributed by atoms with Crippen molar-refractivity contribution in [2.24, 2.45) is 0 Å². The molecule has 0 radical (unpaired) electrons. The first-order valence-electron chi connectivity index (χ1n) is 5.07. The predicted molar refractivity (Wildman–Crippen MR) is 68.3 cm³/mol. The fourth-order valence-electron chi connectivity index (χ4n) is 1.61. The van der Waals surface area contributed by atoms with Crippen LogP contribution in [0.5, 0.6) is 0 Å². The molecule has 92 valence electrons. The standard InChI is InChI=1S/C12H9BrN2O3/c1-7-4-8(2-3-9(7)12(17)18)15-5-10(13)11(6-16)14-15/h2-6H,1H3,(H,17,18). The van der Waals surface area contributed by atoms with E-state index in [0.29, 0.717) is 27.7 Å². The number of hydrogen-bond acceptors (Lipinski definition) is 3. The van der Waals surface area contributed by atoms with Gasteiger partial charge in [-0.15, -0.1) is 0 Å².